The van der Waals surface area contributed by atoms with Crippen LogP contribution in [0.25, 0.3) is 21.2 Å². The summed E-state index contributed by atoms with van der Waals surface area (Å²) < 4.78 is 0. The van der Waals surface area contributed by atoms with Gasteiger partial charge < -0.3 is 5.32 Å². The molecule has 0 spiro atoms. The fourth-order valence-corrected chi connectivity index (χ4v) is 3.94. The number of rotatable bonds is 4. The van der Waals surface area contributed by atoms with Crippen molar-refractivity contribution in [3.05, 3.63) is 42.2 Å². The van der Waals surface area contributed by atoms with Crippen molar-refractivity contribution in [3.63, 3.8) is 0 Å². The monoisotopic (exact) mass is 352 g/mol. The predicted molar refractivity (Wildman–Crippen MR) is 102 cm³/mol. The lowest BCUT2D eigenvalue weighted by Gasteiger charge is -2.19. The number of fused-ring (bicyclic) bond motifs is 1. The molecule has 0 saturated carbocycles. The van der Waals surface area contributed by atoms with E-state index >= 15 is 0 Å². The number of likely N-dealkylation sites (tertiary alicyclic amines) is 1. The number of aromatic nitrogens is 2. The predicted octanol–water partition coefficient (Wildman–Crippen LogP) is 3.78. The molecule has 1 amide bonds. The molecular formula is C19H20N4OS. The van der Waals surface area contributed by atoms with Crippen LogP contribution in [0.15, 0.2) is 42.2 Å². The molecule has 1 aliphatic rings. The number of anilines is 1. The molecule has 6 heteroatoms. The average Bonchev–Trinajstić information content (AvgIpc) is 3.27. The Morgan fingerprint density at radius 1 is 1.32 bits per heavy atom. The number of hydrogen-bond donors (Lipinski definition) is 1. The third-order valence-corrected chi connectivity index (χ3v) is 5.57. The largest absolute Gasteiger partial charge is 0.310 e. The van der Waals surface area contributed by atoms with Gasteiger partial charge in [0.2, 0.25) is 5.91 Å². The van der Waals surface area contributed by atoms with Crippen molar-refractivity contribution in [1.29, 1.82) is 0 Å². The van der Waals surface area contributed by atoms with E-state index in [9.17, 15) is 4.79 Å². The van der Waals surface area contributed by atoms with Gasteiger partial charge in [0.05, 0.1) is 16.9 Å². The van der Waals surface area contributed by atoms with Crippen molar-refractivity contribution in [3.8, 4) is 10.4 Å². The summed E-state index contributed by atoms with van der Waals surface area (Å²) in [5, 5.41) is 5.05. The number of thiazole rings is 1. The number of amides is 1. The summed E-state index contributed by atoms with van der Waals surface area (Å²) in [5.41, 5.74) is 2.96. The van der Waals surface area contributed by atoms with E-state index in [4.69, 9.17) is 0 Å². The van der Waals surface area contributed by atoms with E-state index in [1.165, 1.54) is 12.8 Å². The molecule has 3 aromatic rings. The summed E-state index contributed by atoms with van der Waals surface area (Å²) in [4.78, 5) is 24.2. The smallest absolute Gasteiger partial charge is 0.239 e. The van der Waals surface area contributed by atoms with E-state index in [2.05, 4.69) is 45.3 Å². The average molecular weight is 352 g/mol. The summed E-state index contributed by atoms with van der Waals surface area (Å²) in [6.07, 6.45) is 6.01. The molecule has 0 unspecified atom stereocenters. The van der Waals surface area contributed by atoms with E-state index < -0.39 is 0 Å². The second-order valence-electron chi connectivity index (χ2n) is 6.51. The molecule has 0 aliphatic carbocycles. The Morgan fingerprint density at radius 2 is 2.24 bits per heavy atom. The van der Waals surface area contributed by atoms with Crippen LogP contribution >= 0.6 is 11.3 Å². The number of carbonyl (C=O) groups is 1. The second-order valence-corrected chi connectivity index (χ2v) is 7.39. The number of pyridine rings is 1. The first-order valence-corrected chi connectivity index (χ1v) is 9.39. The van der Waals surface area contributed by atoms with E-state index in [-0.39, 0.29) is 5.91 Å². The SMILES string of the molecule is C[C@H]1CCCN1CC(=O)Nc1cc2cc(-c3cncs3)ccc2cn1. The zero-order chi connectivity index (χ0) is 17.2. The molecule has 1 aromatic carbocycles. The number of nitrogens with zero attached hydrogens (tertiary/aromatic N) is 3. The third kappa shape index (κ3) is 3.55. The highest BCUT2D eigenvalue weighted by molar-refractivity contribution is 7.13. The maximum Gasteiger partial charge on any atom is 0.239 e. The van der Waals surface area contributed by atoms with E-state index in [1.807, 2.05) is 17.8 Å². The van der Waals surface area contributed by atoms with Crippen LogP contribution in [0.3, 0.4) is 0 Å². The Bertz CT molecular complexity index is 894. The van der Waals surface area contributed by atoms with Crippen molar-refractivity contribution >= 4 is 33.8 Å². The highest BCUT2D eigenvalue weighted by Gasteiger charge is 2.22. The molecule has 5 nitrogen and oxygen atoms in total. The summed E-state index contributed by atoms with van der Waals surface area (Å²) in [6, 6.07) is 8.66. The first-order valence-electron chi connectivity index (χ1n) is 8.51. The summed E-state index contributed by atoms with van der Waals surface area (Å²) in [5.74, 6) is 0.602. The molecule has 3 heterocycles. The Balaban J connectivity index is 1.52. The Labute approximate surface area is 150 Å². The van der Waals surface area contributed by atoms with Gasteiger partial charge >= 0.3 is 0 Å². The van der Waals surface area contributed by atoms with Crippen molar-refractivity contribution in [2.75, 3.05) is 18.4 Å². The molecular weight excluding hydrogens is 332 g/mol. The normalized spacial score (nSPS) is 17.9. The third-order valence-electron chi connectivity index (χ3n) is 4.74. The van der Waals surface area contributed by atoms with E-state index in [0.29, 0.717) is 18.4 Å². The van der Waals surface area contributed by atoms with E-state index in [0.717, 1.165) is 27.8 Å². The molecule has 1 atom stereocenters. The van der Waals surface area contributed by atoms with Gasteiger partial charge in [0.25, 0.3) is 0 Å². The maximum atomic E-state index is 12.3. The highest BCUT2D eigenvalue weighted by atomic mass is 32.1. The molecule has 0 radical (unpaired) electrons. The van der Waals surface area contributed by atoms with Gasteiger partial charge in [-0.25, -0.2) is 4.98 Å². The fourth-order valence-electron chi connectivity index (χ4n) is 3.32. The standard InChI is InChI=1S/C19H20N4OS/c1-13-3-2-6-23(13)11-19(24)22-18-8-16-7-14(17-10-20-12-25-17)4-5-15(16)9-21-18/h4-5,7-10,12-13H,2-3,6,11H2,1H3,(H,21,22,24)/t13-/m0/s1. The summed E-state index contributed by atoms with van der Waals surface area (Å²) in [7, 11) is 0. The molecule has 4 rings (SSSR count). The fraction of sp³-hybridized carbons (Fsp3) is 0.316. The van der Waals surface area contributed by atoms with Gasteiger partial charge in [-0.05, 0) is 49.4 Å². The van der Waals surface area contributed by atoms with Crippen LogP contribution in [0.1, 0.15) is 19.8 Å². The molecule has 2 aromatic heterocycles. The summed E-state index contributed by atoms with van der Waals surface area (Å²) >= 11 is 1.62. The first-order chi connectivity index (χ1) is 12.2. The van der Waals surface area contributed by atoms with Gasteiger partial charge in [0.15, 0.2) is 0 Å². The molecule has 1 aliphatic heterocycles. The van der Waals surface area contributed by atoms with Crippen LogP contribution in [0.2, 0.25) is 0 Å². The van der Waals surface area contributed by atoms with Gasteiger partial charge in [0.1, 0.15) is 5.82 Å². The number of nitrogens with one attached hydrogen (secondary N) is 1. The molecule has 25 heavy (non-hydrogen) atoms. The van der Waals surface area contributed by atoms with Crippen LogP contribution < -0.4 is 5.32 Å². The zero-order valence-corrected chi connectivity index (χ0v) is 14.9. The minimum absolute atomic E-state index is 0.000730. The minimum atomic E-state index is -0.000730. The lowest BCUT2D eigenvalue weighted by atomic mass is 10.1. The van der Waals surface area contributed by atoms with Crippen molar-refractivity contribution < 1.29 is 4.79 Å². The number of hydrogen-bond acceptors (Lipinski definition) is 5. The van der Waals surface area contributed by atoms with Crippen LogP contribution in [-0.2, 0) is 4.79 Å². The molecule has 1 fully saturated rings. The molecule has 128 valence electrons. The minimum Gasteiger partial charge on any atom is -0.310 e. The first kappa shape index (κ1) is 16.2. The molecule has 1 N–H and O–H groups in total. The Kier molecular flexibility index (Phi) is 4.46. The lowest BCUT2D eigenvalue weighted by molar-refractivity contribution is -0.117. The van der Waals surface area contributed by atoms with Gasteiger partial charge in [-0.15, -0.1) is 11.3 Å². The Hall–Kier alpha value is -2.31. The van der Waals surface area contributed by atoms with E-state index in [1.54, 1.807) is 17.5 Å². The number of benzene rings is 1. The highest BCUT2D eigenvalue weighted by Crippen LogP contribution is 2.27. The van der Waals surface area contributed by atoms with Crippen LogP contribution in [0.5, 0.6) is 0 Å². The van der Waals surface area contributed by atoms with Crippen molar-refractivity contribution in [2.45, 2.75) is 25.8 Å². The van der Waals surface area contributed by atoms with Crippen LogP contribution in [0.4, 0.5) is 5.82 Å². The Morgan fingerprint density at radius 3 is 3.00 bits per heavy atom. The molecule has 1 saturated heterocycles. The summed E-state index contributed by atoms with van der Waals surface area (Å²) in [6.45, 7) is 3.61. The lowest BCUT2D eigenvalue weighted by Crippen LogP contribution is -2.35. The van der Waals surface area contributed by atoms with Crippen LogP contribution in [0, 0.1) is 0 Å². The van der Waals surface area contributed by atoms with Gasteiger partial charge in [0, 0.05) is 23.8 Å². The van der Waals surface area contributed by atoms with Gasteiger partial charge in [-0.1, -0.05) is 12.1 Å². The zero-order valence-electron chi connectivity index (χ0n) is 14.1. The number of carbonyl (C=O) groups excluding carboxylic acids is 1. The van der Waals surface area contributed by atoms with Gasteiger partial charge in [-0.3, -0.25) is 14.7 Å². The quantitative estimate of drug-likeness (QED) is 0.776. The van der Waals surface area contributed by atoms with Crippen molar-refractivity contribution in [1.82, 2.24) is 14.9 Å². The van der Waals surface area contributed by atoms with Crippen molar-refractivity contribution in [2.24, 2.45) is 0 Å². The molecule has 0 bridgehead atoms. The second kappa shape index (κ2) is 6.90. The van der Waals surface area contributed by atoms with Crippen LogP contribution in [-0.4, -0.2) is 39.9 Å². The van der Waals surface area contributed by atoms with Gasteiger partial charge in [-0.2, -0.15) is 0 Å². The topological polar surface area (TPSA) is 58.1 Å². The maximum absolute atomic E-state index is 12.3.